The van der Waals surface area contributed by atoms with E-state index in [-0.39, 0.29) is 5.41 Å². The highest BCUT2D eigenvalue weighted by atomic mass is 15.2. The maximum atomic E-state index is 2.57. The SMILES string of the molecule is CC1(C)c2cc(C3(c4cc(N(C5=CC=CCC5)c5ccccc5)cc(N(c5ccccc5)c5ccccc5)c4)c4ccccc4-c4ccccc43)ccc2-c2cc3ccccc3cc21. The summed E-state index contributed by atoms with van der Waals surface area (Å²) in [7, 11) is 0. The molecule has 0 fully saturated rings. The molecule has 3 aliphatic carbocycles. The molecule has 0 unspecified atom stereocenters. The van der Waals surface area contributed by atoms with E-state index in [0.717, 1.165) is 41.3 Å². The molecule has 0 heterocycles. The number of rotatable bonds is 8. The van der Waals surface area contributed by atoms with Crippen molar-refractivity contribution < 1.29 is 0 Å². The smallest absolute Gasteiger partial charge is 0.0715 e. The summed E-state index contributed by atoms with van der Waals surface area (Å²) in [6.07, 6.45) is 8.74. The summed E-state index contributed by atoms with van der Waals surface area (Å²) in [6.45, 7) is 4.83. The van der Waals surface area contributed by atoms with E-state index in [9.17, 15) is 0 Å². The third-order valence-corrected chi connectivity index (χ3v) is 14.1. The van der Waals surface area contributed by atoms with E-state index < -0.39 is 5.41 Å². The number of benzene rings is 9. The average Bonchev–Trinajstić information content (AvgIpc) is 3.77. The standard InChI is InChI=1S/C62H48N2/c1-61(2)59-38-44-22-16-15-21-43(44)37-56(59)55-36-35-45(41-60(55)61)62(57-33-19-17-31-53(57)54-32-18-20-34-58(54)62)46-39-51(63(47-23-7-3-8-24-47)48-25-9-4-10-26-48)42-52(40-46)64(49-27-11-5-12-28-49)50-29-13-6-14-30-50/h3-13,15-29,31-42H,14,30H2,1-2H3. The Labute approximate surface area is 376 Å². The fraction of sp³-hybridized carbons (Fsp3) is 0.0968. The van der Waals surface area contributed by atoms with Crippen LogP contribution in [0.15, 0.2) is 236 Å². The van der Waals surface area contributed by atoms with Gasteiger partial charge >= 0.3 is 0 Å². The van der Waals surface area contributed by atoms with Gasteiger partial charge in [0.05, 0.1) is 5.41 Å². The topological polar surface area (TPSA) is 6.48 Å². The highest BCUT2D eigenvalue weighted by molar-refractivity contribution is 5.95. The molecule has 0 spiro atoms. The first-order chi connectivity index (χ1) is 31.5. The second kappa shape index (κ2) is 15.0. The number of nitrogens with zero attached hydrogens (tertiary/aromatic N) is 2. The second-order valence-electron chi connectivity index (χ2n) is 18.0. The third kappa shape index (κ3) is 5.86. The minimum atomic E-state index is -0.662. The first kappa shape index (κ1) is 38.0. The van der Waals surface area contributed by atoms with E-state index in [0.29, 0.717) is 0 Å². The van der Waals surface area contributed by atoms with Crippen LogP contribution in [0.3, 0.4) is 0 Å². The number of fused-ring (bicyclic) bond motifs is 7. The minimum absolute atomic E-state index is 0.209. The van der Waals surface area contributed by atoms with E-state index in [1.54, 1.807) is 0 Å². The molecule has 12 rings (SSSR count). The third-order valence-electron chi connectivity index (χ3n) is 14.1. The van der Waals surface area contributed by atoms with Gasteiger partial charge in [0.2, 0.25) is 0 Å². The summed E-state index contributed by atoms with van der Waals surface area (Å²) in [5.74, 6) is 0. The Balaban J connectivity index is 1.19. The van der Waals surface area contributed by atoms with Crippen molar-refractivity contribution in [1.29, 1.82) is 0 Å². The molecule has 0 aliphatic heterocycles. The lowest BCUT2D eigenvalue weighted by atomic mass is 9.66. The number of para-hydroxylation sites is 3. The fourth-order valence-electron chi connectivity index (χ4n) is 11.2. The van der Waals surface area contributed by atoms with Crippen molar-refractivity contribution in [3.8, 4) is 22.3 Å². The van der Waals surface area contributed by atoms with Crippen molar-refractivity contribution >= 4 is 39.2 Å². The Hall–Kier alpha value is -7.68. The van der Waals surface area contributed by atoms with Gasteiger partial charge in [0.15, 0.2) is 0 Å². The van der Waals surface area contributed by atoms with E-state index >= 15 is 0 Å². The Morgan fingerprint density at radius 2 is 0.875 bits per heavy atom. The second-order valence-corrected chi connectivity index (χ2v) is 18.0. The van der Waals surface area contributed by atoms with Crippen molar-refractivity contribution in [1.82, 2.24) is 0 Å². The van der Waals surface area contributed by atoms with Gasteiger partial charge in [-0.05, 0) is 152 Å². The van der Waals surface area contributed by atoms with Gasteiger partial charge in [-0.2, -0.15) is 0 Å². The van der Waals surface area contributed by atoms with Crippen LogP contribution in [0.25, 0.3) is 33.0 Å². The Morgan fingerprint density at radius 1 is 0.375 bits per heavy atom. The molecule has 2 nitrogen and oxygen atoms in total. The zero-order chi connectivity index (χ0) is 42.8. The lowest BCUT2D eigenvalue weighted by Gasteiger charge is -2.38. The molecule has 0 atom stereocenters. The summed E-state index contributed by atoms with van der Waals surface area (Å²) in [6, 6.07) is 79.4. The van der Waals surface area contributed by atoms with Crippen LogP contribution in [0.2, 0.25) is 0 Å². The molecule has 0 saturated carbocycles. The van der Waals surface area contributed by atoms with Crippen molar-refractivity contribution in [2.75, 3.05) is 9.80 Å². The van der Waals surface area contributed by atoms with Crippen LogP contribution in [0.4, 0.5) is 28.4 Å². The van der Waals surface area contributed by atoms with Crippen LogP contribution in [0, 0.1) is 0 Å². The largest absolute Gasteiger partial charge is 0.314 e. The summed E-state index contributed by atoms with van der Waals surface area (Å²) in [4.78, 5) is 4.93. The molecular weight excluding hydrogens is 773 g/mol. The molecule has 306 valence electrons. The number of hydrogen-bond donors (Lipinski definition) is 0. The van der Waals surface area contributed by atoms with Gasteiger partial charge in [0, 0.05) is 39.5 Å². The van der Waals surface area contributed by atoms with Gasteiger partial charge in [0.25, 0.3) is 0 Å². The highest BCUT2D eigenvalue weighted by Crippen LogP contribution is 2.59. The zero-order valence-corrected chi connectivity index (χ0v) is 36.2. The maximum absolute atomic E-state index is 2.57. The highest BCUT2D eigenvalue weighted by Gasteiger charge is 2.48. The molecule has 3 aliphatic rings. The molecule has 0 radical (unpaired) electrons. The van der Waals surface area contributed by atoms with Crippen molar-refractivity contribution in [3.63, 3.8) is 0 Å². The van der Waals surface area contributed by atoms with Gasteiger partial charge in [0.1, 0.15) is 0 Å². The molecule has 0 aromatic heterocycles. The van der Waals surface area contributed by atoms with Crippen LogP contribution in [0.5, 0.6) is 0 Å². The first-order valence-corrected chi connectivity index (χ1v) is 22.6. The molecule has 0 bridgehead atoms. The van der Waals surface area contributed by atoms with Gasteiger partial charge < -0.3 is 9.80 Å². The Bertz CT molecular complexity index is 3220. The molecule has 2 heteroatoms. The van der Waals surface area contributed by atoms with Crippen molar-refractivity contribution in [2.24, 2.45) is 0 Å². The molecule has 9 aromatic rings. The molecule has 9 aromatic carbocycles. The number of allylic oxidation sites excluding steroid dienone is 4. The molecular formula is C62H48N2. The van der Waals surface area contributed by atoms with Gasteiger partial charge in [-0.15, -0.1) is 0 Å². The van der Waals surface area contributed by atoms with Crippen LogP contribution >= 0.6 is 0 Å². The Morgan fingerprint density at radius 3 is 1.47 bits per heavy atom. The molecule has 64 heavy (non-hydrogen) atoms. The minimum Gasteiger partial charge on any atom is -0.314 e. The zero-order valence-electron chi connectivity index (χ0n) is 36.2. The summed E-state index contributed by atoms with van der Waals surface area (Å²) >= 11 is 0. The summed E-state index contributed by atoms with van der Waals surface area (Å²) < 4.78 is 0. The lowest BCUT2D eigenvalue weighted by molar-refractivity contribution is 0.656. The predicted molar refractivity (Wildman–Crippen MR) is 269 cm³/mol. The van der Waals surface area contributed by atoms with Gasteiger partial charge in [-0.25, -0.2) is 0 Å². The van der Waals surface area contributed by atoms with Crippen LogP contribution < -0.4 is 9.80 Å². The fourth-order valence-corrected chi connectivity index (χ4v) is 11.2. The van der Waals surface area contributed by atoms with Crippen LogP contribution in [-0.4, -0.2) is 0 Å². The van der Waals surface area contributed by atoms with Gasteiger partial charge in [-0.3, -0.25) is 0 Å². The quantitative estimate of drug-likeness (QED) is 0.151. The maximum Gasteiger partial charge on any atom is 0.0715 e. The van der Waals surface area contributed by atoms with Crippen LogP contribution in [0.1, 0.15) is 60.1 Å². The molecule has 0 N–H and O–H groups in total. The van der Waals surface area contributed by atoms with E-state index in [1.165, 1.54) is 72.1 Å². The van der Waals surface area contributed by atoms with E-state index in [1.807, 2.05) is 0 Å². The van der Waals surface area contributed by atoms with Crippen LogP contribution in [-0.2, 0) is 10.8 Å². The molecule has 0 amide bonds. The number of hydrogen-bond acceptors (Lipinski definition) is 2. The predicted octanol–water partition coefficient (Wildman–Crippen LogP) is 16.4. The number of anilines is 5. The molecule has 0 saturated heterocycles. The lowest BCUT2D eigenvalue weighted by Crippen LogP contribution is -2.30. The van der Waals surface area contributed by atoms with Crippen molar-refractivity contribution in [2.45, 2.75) is 37.5 Å². The van der Waals surface area contributed by atoms with E-state index in [4.69, 9.17) is 0 Å². The van der Waals surface area contributed by atoms with Gasteiger partial charge in [-0.1, -0.05) is 172 Å². The Kier molecular flexibility index (Phi) is 8.91. The first-order valence-electron chi connectivity index (χ1n) is 22.6. The van der Waals surface area contributed by atoms with E-state index in [2.05, 4.69) is 254 Å². The van der Waals surface area contributed by atoms with Crippen molar-refractivity contribution in [3.05, 3.63) is 270 Å². The average molecular weight is 821 g/mol. The monoisotopic (exact) mass is 820 g/mol. The normalized spacial score (nSPS) is 14.9. The summed E-state index contributed by atoms with van der Waals surface area (Å²) in [5.41, 5.74) is 19.1. The summed E-state index contributed by atoms with van der Waals surface area (Å²) in [5, 5.41) is 2.57.